The monoisotopic (exact) mass is 255 g/mol. The Balaban J connectivity index is 2.23. The second-order valence-electron chi connectivity index (χ2n) is 4.11. The average Bonchev–Trinajstić information content (AvgIpc) is 2.83. The van der Waals surface area contributed by atoms with Crippen LogP contribution in [-0.4, -0.2) is 31.8 Å². The van der Waals surface area contributed by atoms with E-state index < -0.39 is 5.97 Å². The standard InChI is InChI=1S/C12H17NO5/c1-15-7-8-10(12(14)16-2)18-11(13-8)9-5-3-4-6-17-9/h9H,3-7H2,1-2H3. The van der Waals surface area contributed by atoms with Gasteiger partial charge in [-0.1, -0.05) is 0 Å². The lowest BCUT2D eigenvalue weighted by Gasteiger charge is -2.19. The molecule has 0 amide bonds. The van der Waals surface area contributed by atoms with Crippen molar-refractivity contribution in [2.75, 3.05) is 20.8 Å². The molecule has 0 bridgehead atoms. The fourth-order valence-electron chi connectivity index (χ4n) is 1.93. The van der Waals surface area contributed by atoms with Crippen molar-refractivity contribution in [3.8, 4) is 0 Å². The third-order valence-corrected chi connectivity index (χ3v) is 2.82. The summed E-state index contributed by atoms with van der Waals surface area (Å²) in [6.45, 7) is 0.904. The molecule has 0 spiro atoms. The lowest BCUT2D eigenvalue weighted by molar-refractivity contribution is -0.00248. The van der Waals surface area contributed by atoms with E-state index in [2.05, 4.69) is 9.72 Å². The van der Waals surface area contributed by atoms with Gasteiger partial charge in [0.1, 0.15) is 11.8 Å². The van der Waals surface area contributed by atoms with Crippen molar-refractivity contribution in [2.45, 2.75) is 32.0 Å². The molecule has 2 rings (SSSR count). The lowest BCUT2D eigenvalue weighted by Crippen LogP contribution is -2.11. The summed E-state index contributed by atoms with van der Waals surface area (Å²) >= 11 is 0. The van der Waals surface area contributed by atoms with Crippen molar-refractivity contribution >= 4 is 5.97 Å². The van der Waals surface area contributed by atoms with Gasteiger partial charge in [0.15, 0.2) is 0 Å². The summed E-state index contributed by atoms with van der Waals surface area (Å²) < 4.78 is 20.7. The third-order valence-electron chi connectivity index (χ3n) is 2.82. The highest BCUT2D eigenvalue weighted by Gasteiger charge is 2.27. The van der Waals surface area contributed by atoms with Crippen LogP contribution in [0.2, 0.25) is 0 Å². The van der Waals surface area contributed by atoms with Gasteiger partial charge < -0.3 is 18.6 Å². The van der Waals surface area contributed by atoms with E-state index in [1.54, 1.807) is 0 Å². The van der Waals surface area contributed by atoms with Gasteiger partial charge in [0.25, 0.3) is 0 Å². The van der Waals surface area contributed by atoms with Crippen LogP contribution in [0.4, 0.5) is 0 Å². The number of carbonyl (C=O) groups is 1. The van der Waals surface area contributed by atoms with E-state index in [1.807, 2.05) is 0 Å². The molecule has 18 heavy (non-hydrogen) atoms. The smallest absolute Gasteiger partial charge is 0.376 e. The number of aromatic nitrogens is 1. The van der Waals surface area contributed by atoms with Crippen molar-refractivity contribution in [1.82, 2.24) is 4.98 Å². The quantitative estimate of drug-likeness (QED) is 0.765. The minimum atomic E-state index is -0.545. The van der Waals surface area contributed by atoms with Crippen LogP contribution < -0.4 is 0 Å². The first-order valence-electron chi connectivity index (χ1n) is 5.94. The van der Waals surface area contributed by atoms with E-state index >= 15 is 0 Å². The molecule has 6 nitrogen and oxygen atoms in total. The zero-order valence-electron chi connectivity index (χ0n) is 10.6. The van der Waals surface area contributed by atoms with Crippen LogP contribution >= 0.6 is 0 Å². The zero-order valence-corrected chi connectivity index (χ0v) is 10.6. The van der Waals surface area contributed by atoms with E-state index in [0.29, 0.717) is 18.2 Å². The van der Waals surface area contributed by atoms with Gasteiger partial charge >= 0.3 is 5.97 Å². The van der Waals surface area contributed by atoms with Gasteiger partial charge in [0.05, 0.1) is 13.7 Å². The van der Waals surface area contributed by atoms with Gasteiger partial charge in [-0.25, -0.2) is 9.78 Å². The number of hydrogen-bond donors (Lipinski definition) is 0. The van der Waals surface area contributed by atoms with Crippen molar-refractivity contribution in [1.29, 1.82) is 0 Å². The Morgan fingerprint density at radius 1 is 1.44 bits per heavy atom. The summed E-state index contributed by atoms with van der Waals surface area (Å²) in [5, 5.41) is 0. The Hall–Kier alpha value is -1.40. The molecule has 100 valence electrons. The summed E-state index contributed by atoms with van der Waals surface area (Å²) in [6, 6.07) is 0. The molecule has 6 heteroatoms. The zero-order chi connectivity index (χ0) is 13.0. The van der Waals surface area contributed by atoms with Crippen LogP contribution in [0.25, 0.3) is 0 Å². The topological polar surface area (TPSA) is 70.8 Å². The van der Waals surface area contributed by atoms with E-state index in [-0.39, 0.29) is 18.5 Å². The fraction of sp³-hybridized carbons (Fsp3) is 0.667. The summed E-state index contributed by atoms with van der Waals surface area (Å²) in [4.78, 5) is 15.8. The first kappa shape index (κ1) is 13.0. The molecule has 2 heterocycles. The highest BCUT2D eigenvalue weighted by Crippen LogP contribution is 2.29. The summed E-state index contributed by atoms with van der Waals surface area (Å²) in [7, 11) is 2.84. The maximum atomic E-state index is 11.6. The van der Waals surface area contributed by atoms with E-state index in [0.717, 1.165) is 19.3 Å². The molecule has 1 aliphatic heterocycles. The second kappa shape index (κ2) is 5.97. The predicted molar refractivity (Wildman–Crippen MR) is 61.1 cm³/mol. The molecule has 0 aliphatic carbocycles. The Morgan fingerprint density at radius 2 is 2.28 bits per heavy atom. The number of methoxy groups -OCH3 is 2. The third kappa shape index (κ3) is 2.70. The van der Waals surface area contributed by atoms with Gasteiger partial charge in [-0.2, -0.15) is 0 Å². The second-order valence-corrected chi connectivity index (χ2v) is 4.11. The number of carbonyl (C=O) groups excluding carboxylic acids is 1. The van der Waals surface area contributed by atoms with Gasteiger partial charge in [-0.3, -0.25) is 0 Å². The molecule has 1 aromatic heterocycles. The normalized spacial score (nSPS) is 19.8. The molecule has 0 saturated carbocycles. The maximum Gasteiger partial charge on any atom is 0.376 e. The lowest BCUT2D eigenvalue weighted by atomic mass is 10.1. The molecular weight excluding hydrogens is 238 g/mol. The van der Waals surface area contributed by atoms with Crippen LogP contribution in [0, 0.1) is 0 Å². The van der Waals surface area contributed by atoms with Crippen LogP contribution in [0.1, 0.15) is 47.5 Å². The minimum absolute atomic E-state index is 0.100. The van der Waals surface area contributed by atoms with E-state index in [9.17, 15) is 4.79 Å². The van der Waals surface area contributed by atoms with Gasteiger partial charge in [0, 0.05) is 13.7 Å². The van der Waals surface area contributed by atoms with Crippen LogP contribution in [-0.2, 0) is 20.8 Å². The van der Waals surface area contributed by atoms with Crippen LogP contribution in [0.5, 0.6) is 0 Å². The van der Waals surface area contributed by atoms with Crippen LogP contribution in [0.15, 0.2) is 4.42 Å². The summed E-state index contributed by atoms with van der Waals surface area (Å²) in [6.07, 6.45) is 2.80. The van der Waals surface area contributed by atoms with Crippen molar-refractivity contribution < 1.29 is 23.4 Å². The number of rotatable bonds is 4. The molecule has 1 fully saturated rings. The number of ether oxygens (including phenoxy) is 3. The summed E-state index contributed by atoms with van der Waals surface area (Å²) in [5.74, 6) is -0.0118. The average molecular weight is 255 g/mol. The Kier molecular flexibility index (Phi) is 4.33. The van der Waals surface area contributed by atoms with Crippen LogP contribution in [0.3, 0.4) is 0 Å². The Labute approximate surface area is 105 Å². The molecule has 1 aromatic rings. The van der Waals surface area contributed by atoms with E-state index in [4.69, 9.17) is 13.9 Å². The van der Waals surface area contributed by atoms with Crippen molar-refractivity contribution in [2.24, 2.45) is 0 Å². The summed E-state index contributed by atoms with van der Waals surface area (Å²) in [5.41, 5.74) is 0.452. The molecule has 0 radical (unpaired) electrons. The minimum Gasteiger partial charge on any atom is -0.463 e. The first-order valence-corrected chi connectivity index (χ1v) is 5.94. The number of nitrogens with zero attached hydrogens (tertiary/aromatic N) is 1. The van der Waals surface area contributed by atoms with Gasteiger partial charge in [0.2, 0.25) is 11.7 Å². The van der Waals surface area contributed by atoms with E-state index in [1.165, 1.54) is 14.2 Å². The fourth-order valence-corrected chi connectivity index (χ4v) is 1.93. The maximum absolute atomic E-state index is 11.6. The van der Waals surface area contributed by atoms with Gasteiger partial charge in [-0.05, 0) is 19.3 Å². The van der Waals surface area contributed by atoms with Crippen molar-refractivity contribution in [3.05, 3.63) is 17.3 Å². The molecule has 1 aliphatic rings. The number of esters is 1. The Bertz CT molecular complexity index is 409. The highest BCUT2D eigenvalue weighted by molar-refractivity contribution is 5.87. The molecular formula is C12H17NO5. The SMILES string of the molecule is COCc1nc(C2CCCCO2)oc1C(=O)OC. The highest BCUT2D eigenvalue weighted by atomic mass is 16.5. The molecule has 1 unspecified atom stereocenters. The number of hydrogen-bond acceptors (Lipinski definition) is 6. The molecule has 0 aromatic carbocycles. The predicted octanol–water partition coefficient (Wildman–Crippen LogP) is 1.85. The van der Waals surface area contributed by atoms with Gasteiger partial charge in [-0.15, -0.1) is 0 Å². The van der Waals surface area contributed by atoms with Crippen molar-refractivity contribution in [3.63, 3.8) is 0 Å². The molecule has 1 atom stereocenters. The Morgan fingerprint density at radius 3 is 2.89 bits per heavy atom. The largest absolute Gasteiger partial charge is 0.463 e. The first-order chi connectivity index (χ1) is 8.76. The number of oxazole rings is 1. The molecule has 0 N–H and O–H groups in total. The molecule has 1 saturated heterocycles.